The monoisotopic (exact) mass is 206 g/mol. The predicted molar refractivity (Wildman–Crippen MR) is 57.6 cm³/mol. The number of pyridine rings is 1. The lowest BCUT2D eigenvalue weighted by atomic mass is 10.2. The van der Waals surface area contributed by atoms with Crippen LogP contribution in [-0.4, -0.2) is 10.9 Å². The minimum atomic E-state index is -0.476. The van der Waals surface area contributed by atoms with E-state index in [9.17, 15) is 4.79 Å². The summed E-state index contributed by atoms with van der Waals surface area (Å²) in [5, 5.41) is 1.11. The van der Waals surface area contributed by atoms with Crippen LogP contribution in [-0.2, 0) is 0 Å². The van der Waals surface area contributed by atoms with Gasteiger partial charge in [-0.15, -0.1) is 11.3 Å². The standard InChI is InChI=1S/C10H10N2OS/c1-5-6(2)14-10-7(5)3-4-8(12-10)9(11)13/h3-4H,1-2H3,(H2,11,13). The number of aromatic nitrogens is 1. The van der Waals surface area contributed by atoms with Crippen LogP contribution < -0.4 is 5.73 Å². The number of nitrogens with zero attached hydrogens (tertiary/aromatic N) is 1. The number of nitrogens with two attached hydrogens (primary N) is 1. The summed E-state index contributed by atoms with van der Waals surface area (Å²) in [6, 6.07) is 3.57. The fraction of sp³-hybridized carbons (Fsp3) is 0.200. The molecule has 1 amide bonds. The number of primary amides is 1. The van der Waals surface area contributed by atoms with E-state index in [-0.39, 0.29) is 0 Å². The van der Waals surface area contributed by atoms with Gasteiger partial charge in [-0.05, 0) is 31.5 Å². The molecule has 0 aliphatic heterocycles. The molecule has 72 valence electrons. The average Bonchev–Trinajstić information content (AvgIpc) is 2.42. The van der Waals surface area contributed by atoms with Crippen molar-refractivity contribution in [3.8, 4) is 0 Å². The number of carbonyl (C=O) groups is 1. The number of hydrogen-bond donors (Lipinski definition) is 1. The Balaban J connectivity index is 2.73. The van der Waals surface area contributed by atoms with E-state index in [1.165, 1.54) is 10.4 Å². The highest BCUT2D eigenvalue weighted by Gasteiger charge is 2.08. The van der Waals surface area contributed by atoms with Crippen LogP contribution in [0.25, 0.3) is 10.2 Å². The molecule has 0 aromatic carbocycles. The minimum absolute atomic E-state index is 0.332. The fourth-order valence-electron chi connectivity index (χ4n) is 1.35. The third kappa shape index (κ3) is 1.28. The van der Waals surface area contributed by atoms with Gasteiger partial charge < -0.3 is 5.73 Å². The van der Waals surface area contributed by atoms with Crippen LogP contribution in [0.1, 0.15) is 20.9 Å². The second kappa shape index (κ2) is 3.06. The van der Waals surface area contributed by atoms with E-state index >= 15 is 0 Å². The maximum Gasteiger partial charge on any atom is 0.267 e. The SMILES string of the molecule is Cc1sc2nc(C(N)=O)ccc2c1C. The lowest BCUT2D eigenvalue weighted by molar-refractivity contribution is 0.0996. The molecule has 0 spiro atoms. The summed E-state index contributed by atoms with van der Waals surface area (Å²) in [6.07, 6.45) is 0. The Labute approximate surface area is 85.6 Å². The summed E-state index contributed by atoms with van der Waals surface area (Å²) in [5.74, 6) is -0.476. The zero-order valence-corrected chi connectivity index (χ0v) is 8.81. The van der Waals surface area contributed by atoms with Crippen LogP contribution in [0.3, 0.4) is 0 Å². The molecule has 0 fully saturated rings. The maximum atomic E-state index is 10.9. The van der Waals surface area contributed by atoms with Crippen molar-refractivity contribution >= 4 is 27.5 Å². The maximum absolute atomic E-state index is 10.9. The van der Waals surface area contributed by atoms with E-state index in [4.69, 9.17) is 5.73 Å². The molecule has 0 aliphatic rings. The van der Waals surface area contributed by atoms with Gasteiger partial charge >= 0.3 is 0 Å². The summed E-state index contributed by atoms with van der Waals surface area (Å²) < 4.78 is 0. The van der Waals surface area contributed by atoms with Gasteiger partial charge in [0.25, 0.3) is 5.91 Å². The van der Waals surface area contributed by atoms with Crippen molar-refractivity contribution in [1.29, 1.82) is 0 Å². The van der Waals surface area contributed by atoms with Gasteiger partial charge in [-0.25, -0.2) is 4.98 Å². The van der Waals surface area contributed by atoms with Crippen LogP contribution >= 0.6 is 11.3 Å². The van der Waals surface area contributed by atoms with E-state index in [0.717, 1.165) is 10.2 Å². The molecule has 4 heteroatoms. The molecule has 3 nitrogen and oxygen atoms in total. The highest BCUT2D eigenvalue weighted by atomic mass is 32.1. The molecule has 2 aromatic heterocycles. The van der Waals surface area contributed by atoms with E-state index < -0.39 is 5.91 Å². The third-order valence-corrected chi connectivity index (χ3v) is 3.41. The van der Waals surface area contributed by atoms with Gasteiger partial charge in [0.2, 0.25) is 0 Å². The first-order chi connectivity index (χ1) is 6.59. The highest BCUT2D eigenvalue weighted by Crippen LogP contribution is 2.28. The first-order valence-electron chi connectivity index (χ1n) is 4.26. The summed E-state index contributed by atoms with van der Waals surface area (Å²) in [5.41, 5.74) is 6.72. The topological polar surface area (TPSA) is 56.0 Å². The second-order valence-electron chi connectivity index (χ2n) is 3.20. The lowest BCUT2D eigenvalue weighted by Gasteiger charge is -1.94. The third-order valence-electron chi connectivity index (χ3n) is 2.29. The molecule has 0 unspecified atom stereocenters. The smallest absolute Gasteiger partial charge is 0.267 e. The van der Waals surface area contributed by atoms with E-state index in [1.807, 2.05) is 13.0 Å². The first kappa shape index (κ1) is 9.15. The Morgan fingerprint density at radius 3 is 2.79 bits per heavy atom. The van der Waals surface area contributed by atoms with Crippen molar-refractivity contribution < 1.29 is 4.79 Å². The fourth-order valence-corrected chi connectivity index (χ4v) is 2.38. The molecule has 0 aliphatic carbocycles. The molecular weight excluding hydrogens is 196 g/mol. The van der Waals surface area contributed by atoms with Crippen molar-refractivity contribution in [3.05, 3.63) is 28.3 Å². The number of fused-ring (bicyclic) bond motifs is 1. The van der Waals surface area contributed by atoms with Gasteiger partial charge in [0.05, 0.1) is 0 Å². The van der Waals surface area contributed by atoms with E-state index in [1.54, 1.807) is 17.4 Å². The molecule has 0 saturated heterocycles. The van der Waals surface area contributed by atoms with Crippen molar-refractivity contribution in [2.45, 2.75) is 13.8 Å². The minimum Gasteiger partial charge on any atom is -0.364 e. The van der Waals surface area contributed by atoms with Gasteiger partial charge in [-0.1, -0.05) is 0 Å². The number of thiophene rings is 1. The predicted octanol–water partition coefficient (Wildman–Crippen LogP) is 2.01. The van der Waals surface area contributed by atoms with Crippen molar-refractivity contribution in [2.75, 3.05) is 0 Å². The summed E-state index contributed by atoms with van der Waals surface area (Å²) in [6.45, 7) is 4.10. The Bertz CT molecular complexity index is 516. The average molecular weight is 206 g/mol. The van der Waals surface area contributed by atoms with Crippen molar-refractivity contribution in [2.24, 2.45) is 5.73 Å². The Kier molecular flexibility index (Phi) is 2.00. The Hall–Kier alpha value is -1.42. The van der Waals surface area contributed by atoms with E-state index in [0.29, 0.717) is 5.69 Å². The number of rotatable bonds is 1. The van der Waals surface area contributed by atoms with E-state index in [2.05, 4.69) is 11.9 Å². The molecular formula is C10H10N2OS. The van der Waals surface area contributed by atoms with Crippen LogP contribution in [0, 0.1) is 13.8 Å². The zero-order valence-electron chi connectivity index (χ0n) is 8.00. The lowest BCUT2D eigenvalue weighted by Crippen LogP contribution is -2.12. The summed E-state index contributed by atoms with van der Waals surface area (Å²) in [7, 11) is 0. The van der Waals surface area contributed by atoms with Crippen LogP contribution in [0.5, 0.6) is 0 Å². The Morgan fingerprint density at radius 1 is 1.43 bits per heavy atom. The van der Waals surface area contributed by atoms with Gasteiger partial charge in [-0.3, -0.25) is 4.79 Å². The van der Waals surface area contributed by atoms with Crippen molar-refractivity contribution in [3.63, 3.8) is 0 Å². The highest BCUT2D eigenvalue weighted by molar-refractivity contribution is 7.18. The summed E-state index contributed by atoms with van der Waals surface area (Å²) >= 11 is 1.59. The second-order valence-corrected chi connectivity index (χ2v) is 4.40. The zero-order chi connectivity index (χ0) is 10.3. The van der Waals surface area contributed by atoms with Gasteiger partial charge in [-0.2, -0.15) is 0 Å². The molecule has 0 radical (unpaired) electrons. The molecule has 0 bridgehead atoms. The molecule has 2 aromatic rings. The van der Waals surface area contributed by atoms with Gasteiger partial charge in [0.1, 0.15) is 10.5 Å². The number of amides is 1. The van der Waals surface area contributed by atoms with Crippen molar-refractivity contribution in [1.82, 2.24) is 4.98 Å². The molecule has 14 heavy (non-hydrogen) atoms. The first-order valence-corrected chi connectivity index (χ1v) is 5.08. The van der Waals surface area contributed by atoms with Crippen LogP contribution in [0.4, 0.5) is 0 Å². The van der Waals surface area contributed by atoms with Crippen LogP contribution in [0.15, 0.2) is 12.1 Å². The van der Waals surface area contributed by atoms with Gasteiger partial charge in [0, 0.05) is 10.3 Å². The molecule has 0 atom stereocenters. The Morgan fingerprint density at radius 2 is 2.14 bits per heavy atom. The molecule has 0 saturated carbocycles. The molecule has 2 heterocycles. The normalized spacial score (nSPS) is 10.7. The summed E-state index contributed by atoms with van der Waals surface area (Å²) in [4.78, 5) is 17.2. The van der Waals surface area contributed by atoms with Gasteiger partial charge in [0.15, 0.2) is 0 Å². The van der Waals surface area contributed by atoms with Crippen LogP contribution in [0.2, 0.25) is 0 Å². The number of aryl methyl sites for hydroxylation is 2. The molecule has 2 rings (SSSR count). The molecule has 2 N–H and O–H groups in total. The quantitative estimate of drug-likeness (QED) is 0.776. The number of carbonyl (C=O) groups excluding carboxylic acids is 1. The largest absolute Gasteiger partial charge is 0.364 e. The number of hydrogen-bond acceptors (Lipinski definition) is 3.